The highest BCUT2D eigenvalue weighted by Crippen LogP contribution is 2.46. The van der Waals surface area contributed by atoms with Crippen LogP contribution in [0.15, 0.2) is 61.1 Å². The zero-order chi connectivity index (χ0) is 27.0. The van der Waals surface area contributed by atoms with Crippen LogP contribution in [0.1, 0.15) is 44.2 Å². The molecule has 0 spiro atoms. The fraction of sp³-hybridized carbons (Fsp3) is 0.200. The molecule has 1 aliphatic rings. The molecule has 2 N–H and O–H groups in total. The lowest BCUT2D eigenvalue weighted by atomic mass is 9.95. The minimum absolute atomic E-state index is 0.0379. The van der Waals surface area contributed by atoms with Crippen molar-refractivity contribution in [3.63, 3.8) is 0 Å². The molecule has 0 saturated carbocycles. The second-order valence-corrected chi connectivity index (χ2v) is 10.0. The number of carbonyl (C=O) groups is 2. The number of hydrogen-bond donors (Lipinski definition) is 2. The molecular formula is C25H19FIN4O6P. The Morgan fingerprint density at radius 2 is 1.95 bits per heavy atom. The van der Waals surface area contributed by atoms with E-state index >= 15 is 4.39 Å². The molecule has 5 rings (SSSR count). The molecule has 2 aromatic heterocycles. The van der Waals surface area contributed by atoms with Gasteiger partial charge in [-0.1, -0.05) is 30.3 Å². The van der Waals surface area contributed by atoms with E-state index in [0.29, 0.717) is 31.3 Å². The SMILES string of the molecule is Cc1c(C(=O)O)cccc1[C@H]1O[C@@H](n2cc(I)c3c(NC(=O)c4ccccc4)ncnc32)[C@@H](F)[C@@H]1OP=O. The van der Waals surface area contributed by atoms with Crippen LogP contribution < -0.4 is 5.32 Å². The van der Waals surface area contributed by atoms with E-state index in [9.17, 15) is 19.3 Å². The number of rotatable bonds is 7. The summed E-state index contributed by atoms with van der Waals surface area (Å²) in [7, 11) is -0.748. The van der Waals surface area contributed by atoms with Gasteiger partial charge in [-0.3, -0.25) is 9.32 Å². The average molecular weight is 648 g/mol. The summed E-state index contributed by atoms with van der Waals surface area (Å²) >= 11 is 2.04. The van der Waals surface area contributed by atoms with Crippen LogP contribution in [0.2, 0.25) is 0 Å². The molecule has 0 unspecified atom stereocenters. The Bertz CT molecular complexity index is 1550. The number of carboxylic acids is 1. The molecule has 1 amide bonds. The molecule has 0 radical (unpaired) electrons. The van der Waals surface area contributed by atoms with Gasteiger partial charge in [0.1, 0.15) is 30.0 Å². The summed E-state index contributed by atoms with van der Waals surface area (Å²) in [6, 6.07) is 13.2. The molecule has 0 aliphatic carbocycles. The second-order valence-electron chi connectivity index (χ2n) is 8.49. The molecule has 3 heterocycles. The number of carbonyl (C=O) groups excluding carboxylic acids is 1. The number of anilines is 1. The van der Waals surface area contributed by atoms with Crippen molar-refractivity contribution in [1.29, 1.82) is 0 Å². The topological polar surface area (TPSA) is 133 Å². The summed E-state index contributed by atoms with van der Waals surface area (Å²) in [5.74, 6) is -1.26. The molecule has 4 atom stereocenters. The monoisotopic (exact) mass is 648 g/mol. The van der Waals surface area contributed by atoms with E-state index in [4.69, 9.17) is 9.26 Å². The van der Waals surface area contributed by atoms with Crippen LogP contribution in [0.3, 0.4) is 0 Å². The summed E-state index contributed by atoms with van der Waals surface area (Å²) in [6.07, 6.45) is -2.53. The van der Waals surface area contributed by atoms with Gasteiger partial charge in [-0.05, 0) is 58.8 Å². The number of ether oxygens (including phenoxy) is 1. The number of aromatic carboxylic acids is 1. The fourth-order valence-corrected chi connectivity index (χ4v) is 5.68. The smallest absolute Gasteiger partial charge is 0.335 e. The summed E-state index contributed by atoms with van der Waals surface area (Å²) in [5.41, 5.74) is 1.57. The van der Waals surface area contributed by atoms with Gasteiger partial charge in [-0.2, -0.15) is 0 Å². The van der Waals surface area contributed by atoms with Crippen LogP contribution in [0.5, 0.6) is 0 Å². The predicted molar refractivity (Wildman–Crippen MR) is 143 cm³/mol. The molecule has 1 saturated heterocycles. The second kappa shape index (κ2) is 10.8. The summed E-state index contributed by atoms with van der Waals surface area (Å²) in [5, 5.41) is 12.8. The van der Waals surface area contributed by atoms with Crippen LogP contribution in [0, 0.1) is 10.5 Å². The lowest BCUT2D eigenvalue weighted by Crippen LogP contribution is -2.26. The van der Waals surface area contributed by atoms with Crippen molar-refractivity contribution in [3.05, 3.63) is 86.9 Å². The highest BCUT2D eigenvalue weighted by atomic mass is 127. The molecule has 194 valence electrons. The van der Waals surface area contributed by atoms with Gasteiger partial charge >= 0.3 is 14.7 Å². The number of fused-ring (bicyclic) bond motifs is 1. The highest BCUT2D eigenvalue weighted by Gasteiger charge is 2.49. The Morgan fingerprint density at radius 3 is 2.66 bits per heavy atom. The lowest BCUT2D eigenvalue weighted by molar-refractivity contribution is -0.0218. The summed E-state index contributed by atoms with van der Waals surface area (Å²) in [6.45, 7) is 1.59. The van der Waals surface area contributed by atoms with Gasteiger partial charge in [0.2, 0.25) is 0 Å². The molecule has 38 heavy (non-hydrogen) atoms. The Labute approximate surface area is 230 Å². The normalized spacial score (nSPS) is 21.1. The zero-order valence-corrected chi connectivity index (χ0v) is 22.7. The molecule has 1 fully saturated rings. The highest BCUT2D eigenvalue weighted by molar-refractivity contribution is 14.1. The third kappa shape index (κ3) is 4.68. The zero-order valence-electron chi connectivity index (χ0n) is 19.6. The van der Waals surface area contributed by atoms with E-state index in [1.165, 1.54) is 23.0 Å². The van der Waals surface area contributed by atoms with Crippen LogP contribution in [0.25, 0.3) is 11.0 Å². The van der Waals surface area contributed by atoms with Crippen molar-refractivity contribution in [3.8, 4) is 0 Å². The van der Waals surface area contributed by atoms with Crippen molar-refractivity contribution >= 4 is 60.0 Å². The first-order valence-corrected chi connectivity index (χ1v) is 13.1. The van der Waals surface area contributed by atoms with Gasteiger partial charge in [0.25, 0.3) is 5.91 Å². The number of aromatic nitrogens is 3. The molecule has 4 aromatic rings. The van der Waals surface area contributed by atoms with Crippen LogP contribution in [0.4, 0.5) is 10.2 Å². The van der Waals surface area contributed by atoms with Crippen molar-refractivity contribution in [2.45, 2.75) is 31.5 Å². The van der Waals surface area contributed by atoms with E-state index in [2.05, 4.69) is 15.3 Å². The number of carboxylic acid groups (broad SMARTS) is 1. The molecule has 2 aromatic carbocycles. The first-order chi connectivity index (χ1) is 18.3. The number of benzene rings is 2. The quantitative estimate of drug-likeness (QED) is 0.199. The van der Waals surface area contributed by atoms with E-state index in [1.54, 1.807) is 49.5 Å². The van der Waals surface area contributed by atoms with Crippen LogP contribution in [-0.4, -0.2) is 43.8 Å². The van der Waals surface area contributed by atoms with E-state index in [0.717, 1.165) is 0 Å². The van der Waals surface area contributed by atoms with Gasteiger partial charge in [0, 0.05) is 15.3 Å². The third-order valence-electron chi connectivity index (χ3n) is 6.35. The summed E-state index contributed by atoms with van der Waals surface area (Å²) in [4.78, 5) is 32.9. The van der Waals surface area contributed by atoms with Gasteiger partial charge in [0.05, 0.1) is 10.9 Å². The molecule has 1 aliphatic heterocycles. The maximum absolute atomic E-state index is 15.9. The molecular weight excluding hydrogens is 629 g/mol. The number of hydrogen-bond acceptors (Lipinski definition) is 7. The lowest BCUT2D eigenvalue weighted by Gasteiger charge is -2.19. The fourth-order valence-electron chi connectivity index (χ4n) is 4.56. The average Bonchev–Trinajstić information content (AvgIpc) is 3.41. The van der Waals surface area contributed by atoms with Gasteiger partial charge in [-0.15, -0.1) is 0 Å². The first-order valence-electron chi connectivity index (χ1n) is 11.3. The van der Waals surface area contributed by atoms with Crippen molar-refractivity contribution in [2.75, 3.05) is 5.32 Å². The van der Waals surface area contributed by atoms with Crippen molar-refractivity contribution < 1.29 is 32.9 Å². The predicted octanol–water partition coefficient (Wildman–Crippen LogP) is 5.49. The van der Waals surface area contributed by atoms with Gasteiger partial charge in [-0.25, -0.2) is 23.7 Å². The number of nitrogens with zero attached hydrogens (tertiary/aromatic N) is 3. The van der Waals surface area contributed by atoms with E-state index in [1.807, 2.05) is 22.6 Å². The number of halogens is 2. The Hall–Kier alpha value is -3.32. The largest absolute Gasteiger partial charge is 0.478 e. The number of amides is 1. The minimum atomic E-state index is -1.79. The van der Waals surface area contributed by atoms with Gasteiger partial charge < -0.3 is 19.7 Å². The molecule has 10 nitrogen and oxygen atoms in total. The Morgan fingerprint density at radius 1 is 1.18 bits per heavy atom. The number of alkyl halides is 1. The first kappa shape index (κ1) is 26.3. The van der Waals surface area contributed by atoms with E-state index in [-0.39, 0.29) is 17.3 Å². The maximum atomic E-state index is 15.9. The number of nitrogens with one attached hydrogen (secondary N) is 1. The van der Waals surface area contributed by atoms with Crippen molar-refractivity contribution in [1.82, 2.24) is 14.5 Å². The standard InChI is InChI=1S/C25H19FIN4O6P/c1-12-14(8-5-9-15(12)25(33)34)19-20(37-38-35)18(26)24(36-19)31-10-16(27)17-21(28-11-29-22(17)31)30-23(32)13-6-3-2-4-7-13/h2-11,18-20,24H,1H3,(H,33,34)(H,28,29,30,32)/t18-,19+,20-,24+/m0/s1. The third-order valence-corrected chi connectivity index (χ3v) is 7.50. The van der Waals surface area contributed by atoms with Crippen LogP contribution in [-0.2, 0) is 13.8 Å². The Balaban J connectivity index is 1.53. The minimum Gasteiger partial charge on any atom is -0.478 e. The van der Waals surface area contributed by atoms with Crippen LogP contribution >= 0.6 is 31.3 Å². The Kier molecular flexibility index (Phi) is 7.48. The summed E-state index contributed by atoms with van der Waals surface area (Å²) < 4.78 is 40.6. The van der Waals surface area contributed by atoms with Gasteiger partial charge in [0.15, 0.2) is 12.4 Å². The van der Waals surface area contributed by atoms with E-state index < -0.39 is 39.3 Å². The molecule has 13 heteroatoms. The maximum Gasteiger partial charge on any atom is 0.335 e. The van der Waals surface area contributed by atoms with Crippen molar-refractivity contribution in [2.24, 2.45) is 0 Å². The molecule has 0 bridgehead atoms.